The second kappa shape index (κ2) is 7.64. The largest absolute Gasteiger partial charge is 0.497 e. The van der Waals surface area contributed by atoms with Crippen LogP contribution in [-0.4, -0.2) is 42.1 Å². The predicted molar refractivity (Wildman–Crippen MR) is 91.9 cm³/mol. The molecule has 0 unspecified atom stereocenters. The van der Waals surface area contributed by atoms with Gasteiger partial charge in [0.25, 0.3) is 0 Å². The van der Waals surface area contributed by atoms with Gasteiger partial charge < -0.3 is 14.4 Å². The van der Waals surface area contributed by atoms with Crippen molar-refractivity contribution in [2.75, 3.05) is 20.2 Å². The Balaban J connectivity index is 1.53. The van der Waals surface area contributed by atoms with Crippen molar-refractivity contribution in [2.45, 2.75) is 12.5 Å². The summed E-state index contributed by atoms with van der Waals surface area (Å²) in [5.41, 5.74) is 0.963. The normalized spacial score (nSPS) is 17.2. The maximum atomic E-state index is 12.3. The summed E-state index contributed by atoms with van der Waals surface area (Å²) in [5, 5.41) is 0. The molecule has 5 heteroatoms. The van der Waals surface area contributed by atoms with E-state index < -0.39 is 0 Å². The van der Waals surface area contributed by atoms with Gasteiger partial charge in [-0.15, -0.1) is 0 Å². The highest BCUT2D eigenvalue weighted by atomic mass is 16.5. The van der Waals surface area contributed by atoms with Crippen molar-refractivity contribution in [3.05, 3.63) is 60.3 Å². The van der Waals surface area contributed by atoms with Gasteiger partial charge in [0.15, 0.2) is 0 Å². The SMILES string of the molecule is COc1ccc(/C=C/C(=O)N2CC[C@H](Oc3ccccn3)C2)cc1. The van der Waals surface area contributed by atoms with Crippen molar-refractivity contribution in [3.8, 4) is 11.6 Å². The minimum atomic E-state index is -0.00191. The Labute approximate surface area is 141 Å². The van der Waals surface area contributed by atoms with Crippen molar-refractivity contribution in [1.29, 1.82) is 0 Å². The zero-order valence-electron chi connectivity index (χ0n) is 13.6. The number of benzene rings is 1. The fourth-order valence-electron chi connectivity index (χ4n) is 2.60. The van der Waals surface area contributed by atoms with Crippen LogP contribution < -0.4 is 9.47 Å². The molecule has 1 aromatic heterocycles. The number of hydrogen-bond donors (Lipinski definition) is 0. The van der Waals surface area contributed by atoms with E-state index in [1.165, 1.54) is 0 Å². The van der Waals surface area contributed by atoms with Crippen LogP contribution in [0.3, 0.4) is 0 Å². The fourth-order valence-corrected chi connectivity index (χ4v) is 2.60. The molecular formula is C19H20N2O3. The van der Waals surface area contributed by atoms with Crippen LogP contribution in [0.4, 0.5) is 0 Å². The maximum Gasteiger partial charge on any atom is 0.246 e. The Bertz CT molecular complexity index is 698. The van der Waals surface area contributed by atoms with Crippen LogP contribution in [0.5, 0.6) is 11.6 Å². The Morgan fingerprint density at radius 3 is 2.79 bits per heavy atom. The number of amides is 1. The summed E-state index contributed by atoms with van der Waals surface area (Å²) in [6.07, 6.45) is 5.93. The van der Waals surface area contributed by atoms with Crippen LogP contribution in [0.25, 0.3) is 6.08 Å². The van der Waals surface area contributed by atoms with Crippen LogP contribution in [0.15, 0.2) is 54.7 Å². The number of rotatable bonds is 5. The van der Waals surface area contributed by atoms with Crippen molar-refractivity contribution in [3.63, 3.8) is 0 Å². The Morgan fingerprint density at radius 2 is 2.08 bits per heavy atom. The zero-order chi connectivity index (χ0) is 16.8. The van der Waals surface area contributed by atoms with Gasteiger partial charge in [0.2, 0.25) is 11.8 Å². The number of hydrogen-bond acceptors (Lipinski definition) is 4. The summed E-state index contributed by atoms with van der Waals surface area (Å²) in [6, 6.07) is 13.1. The van der Waals surface area contributed by atoms with Gasteiger partial charge in [-0.2, -0.15) is 0 Å². The second-order valence-corrected chi connectivity index (χ2v) is 5.59. The first-order valence-corrected chi connectivity index (χ1v) is 7.93. The molecule has 24 heavy (non-hydrogen) atoms. The number of carbonyl (C=O) groups excluding carboxylic acids is 1. The molecule has 1 aliphatic heterocycles. The number of methoxy groups -OCH3 is 1. The summed E-state index contributed by atoms with van der Waals surface area (Å²) in [6.45, 7) is 1.28. The Kier molecular flexibility index (Phi) is 5.11. The van der Waals surface area contributed by atoms with E-state index in [1.54, 1.807) is 24.3 Å². The Morgan fingerprint density at radius 1 is 1.25 bits per heavy atom. The molecule has 2 heterocycles. The van der Waals surface area contributed by atoms with Gasteiger partial charge in [0, 0.05) is 31.3 Å². The summed E-state index contributed by atoms with van der Waals surface area (Å²) in [7, 11) is 1.63. The molecule has 1 amide bonds. The number of nitrogens with zero attached hydrogens (tertiary/aromatic N) is 2. The van der Waals surface area contributed by atoms with E-state index in [-0.39, 0.29) is 12.0 Å². The van der Waals surface area contributed by atoms with Crippen molar-refractivity contribution < 1.29 is 14.3 Å². The molecule has 1 fully saturated rings. The van der Waals surface area contributed by atoms with Gasteiger partial charge in [0.05, 0.1) is 13.7 Å². The highest BCUT2D eigenvalue weighted by Crippen LogP contribution is 2.17. The van der Waals surface area contributed by atoms with Gasteiger partial charge in [-0.05, 0) is 29.8 Å². The molecule has 124 valence electrons. The van der Waals surface area contributed by atoms with E-state index in [4.69, 9.17) is 9.47 Å². The van der Waals surface area contributed by atoms with Crippen LogP contribution in [-0.2, 0) is 4.79 Å². The van der Waals surface area contributed by atoms with Crippen LogP contribution in [0, 0.1) is 0 Å². The summed E-state index contributed by atoms with van der Waals surface area (Å²) < 4.78 is 10.9. The Hall–Kier alpha value is -2.82. The summed E-state index contributed by atoms with van der Waals surface area (Å²) in [4.78, 5) is 18.2. The first kappa shape index (κ1) is 16.1. The molecule has 0 radical (unpaired) electrons. The third-order valence-electron chi connectivity index (χ3n) is 3.92. The quantitative estimate of drug-likeness (QED) is 0.794. The summed E-state index contributed by atoms with van der Waals surface area (Å²) >= 11 is 0. The molecule has 0 spiro atoms. The van der Waals surface area contributed by atoms with Crippen molar-refractivity contribution in [1.82, 2.24) is 9.88 Å². The first-order chi connectivity index (χ1) is 11.7. The number of carbonyl (C=O) groups is 1. The van der Waals surface area contributed by atoms with E-state index in [0.717, 1.165) is 17.7 Å². The molecule has 1 aromatic carbocycles. The van der Waals surface area contributed by atoms with E-state index in [2.05, 4.69) is 4.98 Å². The molecule has 1 atom stereocenters. The number of aromatic nitrogens is 1. The molecule has 1 saturated heterocycles. The molecule has 2 aromatic rings. The van der Waals surface area contributed by atoms with E-state index in [1.807, 2.05) is 48.5 Å². The lowest BCUT2D eigenvalue weighted by Crippen LogP contribution is -2.29. The van der Waals surface area contributed by atoms with Gasteiger partial charge >= 0.3 is 0 Å². The van der Waals surface area contributed by atoms with Gasteiger partial charge in [-0.3, -0.25) is 4.79 Å². The molecular weight excluding hydrogens is 304 g/mol. The molecule has 3 rings (SSSR count). The summed E-state index contributed by atoms with van der Waals surface area (Å²) in [5.74, 6) is 1.40. The topological polar surface area (TPSA) is 51.7 Å². The maximum absolute atomic E-state index is 12.3. The van der Waals surface area contributed by atoms with Crippen molar-refractivity contribution >= 4 is 12.0 Å². The van der Waals surface area contributed by atoms with Crippen LogP contribution in [0.1, 0.15) is 12.0 Å². The first-order valence-electron chi connectivity index (χ1n) is 7.93. The average molecular weight is 324 g/mol. The fraction of sp³-hybridized carbons (Fsp3) is 0.263. The average Bonchev–Trinajstić information content (AvgIpc) is 3.09. The lowest BCUT2D eigenvalue weighted by Gasteiger charge is -2.15. The third-order valence-corrected chi connectivity index (χ3v) is 3.92. The smallest absolute Gasteiger partial charge is 0.246 e. The highest BCUT2D eigenvalue weighted by molar-refractivity contribution is 5.92. The van der Waals surface area contributed by atoms with Crippen LogP contribution in [0.2, 0.25) is 0 Å². The highest BCUT2D eigenvalue weighted by Gasteiger charge is 2.26. The minimum absolute atomic E-state index is 0.00163. The number of ether oxygens (including phenoxy) is 2. The predicted octanol–water partition coefficient (Wildman–Crippen LogP) is 2.78. The zero-order valence-corrected chi connectivity index (χ0v) is 13.6. The molecule has 1 aliphatic rings. The lowest BCUT2D eigenvalue weighted by atomic mass is 10.2. The van der Waals surface area contributed by atoms with Gasteiger partial charge in [-0.1, -0.05) is 18.2 Å². The molecule has 0 aliphatic carbocycles. The number of likely N-dealkylation sites (tertiary alicyclic amines) is 1. The minimum Gasteiger partial charge on any atom is -0.497 e. The third kappa shape index (κ3) is 4.13. The molecule has 5 nitrogen and oxygen atoms in total. The van der Waals surface area contributed by atoms with Crippen LogP contribution >= 0.6 is 0 Å². The lowest BCUT2D eigenvalue weighted by molar-refractivity contribution is -0.125. The van der Waals surface area contributed by atoms with Gasteiger partial charge in [-0.25, -0.2) is 4.98 Å². The van der Waals surface area contributed by atoms with E-state index in [0.29, 0.717) is 19.0 Å². The van der Waals surface area contributed by atoms with Gasteiger partial charge in [0.1, 0.15) is 11.9 Å². The van der Waals surface area contributed by atoms with E-state index >= 15 is 0 Å². The van der Waals surface area contributed by atoms with Crippen molar-refractivity contribution in [2.24, 2.45) is 0 Å². The monoisotopic (exact) mass is 324 g/mol. The number of pyridine rings is 1. The molecule has 0 saturated carbocycles. The molecule has 0 N–H and O–H groups in total. The van der Waals surface area contributed by atoms with E-state index in [9.17, 15) is 4.79 Å². The standard InChI is InChI=1S/C19H20N2O3/c1-23-16-8-5-15(6-9-16)7-10-19(22)21-13-11-17(14-21)24-18-4-2-3-12-20-18/h2-10,12,17H,11,13-14H2,1H3/b10-7+/t17-/m0/s1. The molecule has 0 bridgehead atoms. The second-order valence-electron chi connectivity index (χ2n) is 5.59.